The summed E-state index contributed by atoms with van der Waals surface area (Å²) in [5.74, 6) is -0.00803. The first-order chi connectivity index (χ1) is 11.1. The second kappa shape index (κ2) is 7.28. The second-order valence-corrected chi connectivity index (χ2v) is 7.42. The highest BCUT2D eigenvalue weighted by Gasteiger charge is 2.17. The van der Waals surface area contributed by atoms with Gasteiger partial charge in [0, 0.05) is 10.6 Å². The van der Waals surface area contributed by atoms with Crippen molar-refractivity contribution in [3.63, 3.8) is 0 Å². The number of nitrogens with one attached hydrogen (secondary N) is 1. The SMILES string of the molecule is CC(C)OCc1cccc(NC(=O)c2cc3c(s2)CCCC3)c1. The van der Waals surface area contributed by atoms with Gasteiger partial charge < -0.3 is 10.1 Å². The fraction of sp³-hybridized carbons (Fsp3) is 0.421. The molecule has 1 heterocycles. The number of hydrogen-bond donors (Lipinski definition) is 1. The molecular formula is C19H23NO2S. The Labute approximate surface area is 141 Å². The molecule has 1 aromatic heterocycles. The minimum atomic E-state index is -0.00803. The zero-order valence-electron chi connectivity index (χ0n) is 13.7. The summed E-state index contributed by atoms with van der Waals surface area (Å²) in [4.78, 5) is 14.7. The van der Waals surface area contributed by atoms with Crippen LogP contribution in [0.15, 0.2) is 30.3 Å². The monoisotopic (exact) mass is 329 g/mol. The average Bonchev–Trinajstić information content (AvgIpc) is 2.97. The summed E-state index contributed by atoms with van der Waals surface area (Å²) in [6.45, 7) is 4.60. The number of fused-ring (bicyclic) bond motifs is 1. The number of benzene rings is 1. The van der Waals surface area contributed by atoms with Crippen LogP contribution in [0.1, 0.15) is 52.4 Å². The van der Waals surface area contributed by atoms with Crippen LogP contribution in [-0.2, 0) is 24.2 Å². The van der Waals surface area contributed by atoms with E-state index in [9.17, 15) is 4.79 Å². The van der Waals surface area contributed by atoms with Crippen molar-refractivity contribution in [2.75, 3.05) is 5.32 Å². The Morgan fingerprint density at radius 2 is 2.09 bits per heavy atom. The van der Waals surface area contributed by atoms with Crippen LogP contribution < -0.4 is 5.32 Å². The number of thiophene rings is 1. The molecule has 0 fully saturated rings. The highest BCUT2D eigenvalue weighted by molar-refractivity contribution is 7.14. The fourth-order valence-electron chi connectivity index (χ4n) is 2.80. The number of rotatable bonds is 5. The van der Waals surface area contributed by atoms with Crippen LogP contribution in [0.5, 0.6) is 0 Å². The molecular weight excluding hydrogens is 306 g/mol. The minimum absolute atomic E-state index is 0.00803. The normalized spacial score (nSPS) is 13.9. The largest absolute Gasteiger partial charge is 0.374 e. The third kappa shape index (κ3) is 4.21. The summed E-state index contributed by atoms with van der Waals surface area (Å²) in [7, 11) is 0. The molecule has 4 heteroatoms. The van der Waals surface area contributed by atoms with Gasteiger partial charge in [-0.3, -0.25) is 4.79 Å². The van der Waals surface area contributed by atoms with Gasteiger partial charge in [-0.05, 0) is 68.9 Å². The van der Waals surface area contributed by atoms with E-state index >= 15 is 0 Å². The third-order valence-electron chi connectivity index (χ3n) is 3.99. The molecule has 0 unspecified atom stereocenters. The lowest BCUT2D eigenvalue weighted by molar-refractivity contribution is 0.0657. The standard InChI is InChI=1S/C19H23NO2S/c1-13(2)22-12-14-6-5-8-16(10-14)20-19(21)18-11-15-7-3-4-9-17(15)23-18/h5-6,8,10-11,13H,3-4,7,9,12H2,1-2H3,(H,20,21). The van der Waals surface area contributed by atoms with Crippen LogP contribution in [0.25, 0.3) is 0 Å². The van der Waals surface area contributed by atoms with E-state index in [0.717, 1.165) is 29.0 Å². The van der Waals surface area contributed by atoms with Crippen molar-refractivity contribution in [1.29, 1.82) is 0 Å². The average molecular weight is 329 g/mol. The van der Waals surface area contributed by atoms with Gasteiger partial charge in [-0.1, -0.05) is 12.1 Å². The maximum absolute atomic E-state index is 12.5. The van der Waals surface area contributed by atoms with E-state index in [-0.39, 0.29) is 12.0 Å². The van der Waals surface area contributed by atoms with Gasteiger partial charge in [0.05, 0.1) is 17.6 Å². The van der Waals surface area contributed by atoms with Crippen molar-refractivity contribution >= 4 is 22.9 Å². The predicted molar refractivity (Wildman–Crippen MR) is 95.3 cm³/mol. The topological polar surface area (TPSA) is 38.3 Å². The first kappa shape index (κ1) is 16.2. The Hall–Kier alpha value is -1.65. The Balaban J connectivity index is 1.67. The van der Waals surface area contributed by atoms with Crippen LogP contribution >= 0.6 is 11.3 Å². The highest BCUT2D eigenvalue weighted by Crippen LogP contribution is 2.30. The quantitative estimate of drug-likeness (QED) is 0.855. The zero-order chi connectivity index (χ0) is 16.2. The maximum atomic E-state index is 12.5. The Morgan fingerprint density at radius 1 is 1.26 bits per heavy atom. The van der Waals surface area contributed by atoms with Crippen molar-refractivity contribution in [2.45, 2.75) is 52.2 Å². The van der Waals surface area contributed by atoms with E-state index in [4.69, 9.17) is 4.74 Å². The van der Waals surface area contributed by atoms with Crippen molar-refractivity contribution < 1.29 is 9.53 Å². The molecule has 122 valence electrons. The van der Waals surface area contributed by atoms with Crippen LogP contribution in [0.3, 0.4) is 0 Å². The van der Waals surface area contributed by atoms with E-state index in [1.54, 1.807) is 11.3 Å². The molecule has 0 spiro atoms. The molecule has 3 rings (SSSR count). The molecule has 2 aromatic rings. The summed E-state index contributed by atoms with van der Waals surface area (Å²) < 4.78 is 5.62. The molecule has 1 aliphatic rings. The Morgan fingerprint density at radius 3 is 2.87 bits per heavy atom. The van der Waals surface area contributed by atoms with Crippen LogP contribution in [-0.4, -0.2) is 12.0 Å². The van der Waals surface area contributed by atoms with E-state index in [1.165, 1.54) is 23.3 Å². The number of carbonyl (C=O) groups is 1. The molecule has 1 aromatic carbocycles. The van der Waals surface area contributed by atoms with Gasteiger partial charge in [0.15, 0.2) is 0 Å². The van der Waals surface area contributed by atoms with E-state index in [1.807, 2.05) is 38.1 Å². The third-order valence-corrected chi connectivity index (χ3v) is 5.22. The number of hydrogen-bond acceptors (Lipinski definition) is 3. The maximum Gasteiger partial charge on any atom is 0.265 e. The molecule has 23 heavy (non-hydrogen) atoms. The number of anilines is 1. The van der Waals surface area contributed by atoms with Crippen LogP contribution in [0, 0.1) is 0 Å². The summed E-state index contributed by atoms with van der Waals surface area (Å²) in [6.07, 6.45) is 4.91. The molecule has 1 N–H and O–H groups in total. The molecule has 0 saturated carbocycles. The van der Waals surface area contributed by atoms with Gasteiger partial charge in [0.2, 0.25) is 0 Å². The summed E-state index contributed by atoms with van der Waals surface area (Å²) in [6, 6.07) is 9.94. The Bertz CT molecular complexity index is 667. The van der Waals surface area contributed by atoms with Crippen molar-refractivity contribution in [3.8, 4) is 0 Å². The molecule has 0 atom stereocenters. The molecule has 1 amide bonds. The van der Waals surface area contributed by atoms with E-state index in [2.05, 4.69) is 11.4 Å². The van der Waals surface area contributed by atoms with Gasteiger partial charge >= 0.3 is 0 Å². The van der Waals surface area contributed by atoms with Gasteiger partial charge in [-0.15, -0.1) is 11.3 Å². The number of aryl methyl sites for hydroxylation is 2. The van der Waals surface area contributed by atoms with Gasteiger partial charge in [0.25, 0.3) is 5.91 Å². The fourth-order valence-corrected chi connectivity index (χ4v) is 3.95. The number of carbonyl (C=O) groups excluding carboxylic acids is 1. The van der Waals surface area contributed by atoms with E-state index in [0.29, 0.717) is 6.61 Å². The lowest BCUT2D eigenvalue weighted by Gasteiger charge is -2.09. The molecule has 0 bridgehead atoms. The Kier molecular flexibility index (Phi) is 5.13. The summed E-state index contributed by atoms with van der Waals surface area (Å²) in [5, 5.41) is 3.01. The van der Waals surface area contributed by atoms with E-state index < -0.39 is 0 Å². The lowest BCUT2D eigenvalue weighted by atomic mass is 9.99. The summed E-state index contributed by atoms with van der Waals surface area (Å²) >= 11 is 1.64. The summed E-state index contributed by atoms with van der Waals surface area (Å²) in [5.41, 5.74) is 3.26. The lowest BCUT2D eigenvalue weighted by Crippen LogP contribution is -2.10. The predicted octanol–water partition coefficient (Wildman–Crippen LogP) is 4.80. The number of ether oxygens (including phenoxy) is 1. The van der Waals surface area contributed by atoms with Crippen molar-refractivity contribution in [1.82, 2.24) is 0 Å². The van der Waals surface area contributed by atoms with Gasteiger partial charge in [-0.25, -0.2) is 0 Å². The van der Waals surface area contributed by atoms with Gasteiger partial charge in [-0.2, -0.15) is 0 Å². The van der Waals surface area contributed by atoms with Crippen molar-refractivity contribution in [2.24, 2.45) is 0 Å². The molecule has 0 saturated heterocycles. The second-order valence-electron chi connectivity index (χ2n) is 6.28. The number of amides is 1. The molecule has 1 aliphatic carbocycles. The minimum Gasteiger partial charge on any atom is -0.374 e. The first-order valence-corrected chi connectivity index (χ1v) is 9.07. The first-order valence-electron chi connectivity index (χ1n) is 8.25. The molecule has 3 nitrogen and oxygen atoms in total. The van der Waals surface area contributed by atoms with Crippen LogP contribution in [0.2, 0.25) is 0 Å². The van der Waals surface area contributed by atoms with Crippen molar-refractivity contribution in [3.05, 3.63) is 51.2 Å². The molecule has 0 aliphatic heterocycles. The van der Waals surface area contributed by atoms with Gasteiger partial charge in [0.1, 0.15) is 0 Å². The van der Waals surface area contributed by atoms with Crippen LogP contribution in [0.4, 0.5) is 5.69 Å². The highest BCUT2D eigenvalue weighted by atomic mass is 32.1. The zero-order valence-corrected chi connectivity index (χ0v) is 14.5. The molecule has 0 radical (unpaired) electrons. The smallest absolute Gasteiger partial charge is 0.265 e.